The number of ketones is 1. The van der Waals surface area contributed by atoms with Crippen molar-refractivity contribution in [2.75, 3.05) is 6.61 Å². The molecule has 0 spiro atoms. The Kier molecular flexibility index (Phi) is 6.33. The Bertz CT molecular complexity index is 817. The number of hydrogen-bond donors (Lipinski definition) is 1. The van der Waals surface area contributed by atoms with Crippen LogP contribution in [0.25, 0.3) is 0 Å². The monoisotopic (exact) mass is 382 g/mol. The Labute approximate surface area is 167 Å². The summed E-state index contributed by atoms with van der Waals surface area (Å²) in [6.07, 6.45) is 0.129. The van der Waals surface area contributed by atoms with Gasteiger partial charge in [0.2, 0.25) is 0 Å². The fourth-order valence-electron chi connectivity index (χ4n) is 2.98. The molecular weight excluding hydrogens is 352 g/mol. The summed E-state index contributed by atoms with van der Waals surface area (Å²) in [6, 6.07) is 12.7. The molecule has 1 N–H and O–H groups in total. The molecule has 0 bridgehead atoms. The largest absolute Gasteiger partial charge is 0.507 e. The molecule has 0 unspecified atom stereocenters. The van der Waals surface area contributed by atoms with Crippen molar-refractivity contribution < 1.29 is 19.4 Å². The van der Waals surface area contributed by atoms with Crippen LogP contribution in [0.2, 0.25) is 0 Å². The van der Waals surface area contributed by atoms with E-state index in [-0.39, 0.29) is 35.4 Å². The third-order valence-corrected chi connectivity index (χ3v) is 4.60. The summed E-state index contributed by atoms with van der Waals surface area (Å²) >= 11 is 0. The van der Waals surface area contributed by atoms with E-state index in [9.17, 15) is 14.7 Å². The molecule has 0 aliphatic rings. The second-order valence-electron chi connectivity index (χ2n) is 9.17. The van der Waals surface area contributed by atoms with Crippen molar-refractivity contribution >= 4 is 11.8 Å². The second-order valence-corrected chi connectivity index (χ2v) is 9.17. The first-order chi connectivity index (χ1) is 12.9. The number of phenols is 1. The molecule has 2 aromatic rings. The predicted octanol–water partition coefficient (Wildman–Crippen LogP) is 4.96. The average Bonchev–Trinajstić information content (AvgIpc) is 2.58. The minimum absolute atomic E-state index is 0.129. The molecule has 0 aliphatic carbocycles. The van der Waals surface area contributed by atoms with E-state index in [0.717, 1.165) is 5.56 Å². The number of Topliss-reactive ketones (excluding diaryl/α,β-unsaturated/α-hetero) is 1. The number of carbonyl (C=O) groups excluding carboxylic acids is 2. The molecule has 28 heavy (non-hydrogen) atoms. The number of aromatic hydroxyl groups is 1. The van der Waals surface area contributed by atoms with Crippen LogP contribution in [0.4, 0.5) is 0 Å². The molecule has 150 valence electrons. The Balaban J connectivity index is 2.21. The van der Waals surface area contributed by atoms with Gasteiger partial charge in [0.25, 0.3) is 0 Å². The molecule has 2 aromatic carbocycles. The fourth-order valence-corrected chi connectivity index (χ4v) is 2.98. The van der Waals surface area contributed by atoms with Crippen LogP contribution in [0.1, 0.15) is 68.6 Å². The van der Waals surface area contributed by atoms with E-state index in [4.69, 9.17) is 4.74 Å². The van der Waals surface area contributed by atoms with Gasteiger partial charge >= 0.3 is 5.97 Å². The molecule has 2 rings (SSSR count). The molecule has 0 saturated heterocycles. The molecule has 4 heteroatoms. The minimum Gasteiger partial charge on any atom is -0.507 e. The molecule has 0 amide bonds. The molecule has 0 radical (unpaired) electrons. The van der Waals surface area contributed by atoms with Crippen molar-refractivity contribution in [3.63, 3.8) is 0 Å². The SMILES string of the molecule is CC(C)(C)c1cc(C(=O)COC(=O)Cc2ccccc2)cc(C(C)(C)C)c1O. The predicted molar refractivity (Wildman–Crippen MR) is 111 cm³/mol. The normalized spacial score (nSPS) is 11.9. The summed E-state index contributed by atoms with van der Waals surface area (Å²) in [5, 5.41) is 10.8. The lowest BCUT2D eigenvalue weighted by molar-refractivity contribution is -0.141. The van der Waals surface area contributed by atoms with E-state index < -0.39 is 5.97 Å². The molecule has 0 fully saturated rings. The number of ether oxygens (including phenoxy) is 1. The van der Waals surface area contributed by atoms with Crippen molar-refractivity contribution in [2.45, 2.75) is 58.8 Å². The lowest BCUT2D eigenvalue weighted by Gasteiger charge is -2.28. The summed E-state index contributed by atoms with van der Waals surface area (Å²) in [7, 11) is 0. The zero-order valence-corrected chi connectivity index (χ0v) is 17.6. The standard InChI is InChI=1S/C24H30O4/c1-23(2,3)18-13-17(14-19(22(18)27)24(4,5)6)20(25)15-28-21(26)12-16-10-8-7-9-11-16/h7-11,13-14,27H,12,15H2,1-6H3. The number of esters is 1. The summed E-state index contributed by atoms with van der Waals surface area (Å²) in [5.41, 5.74) is 2.04. The van der Waals surface area contributed by atoms with Gasteiger partial charge in [0.1, 0.15) is 5.75 Å². The number of hydrogen-bond acceptors (Lipinski definition) is 4. The maximum absolute atomic E-state index is 12.7. The molecular formula is C24H30O4. The van der Waals surface area contributed by atoms with Gasteiger partial charge in [-0.05, 0) is 28.5 Å². The maximum Gasteiger partial charge on any atom is 0.310 e. The van der Waals surface area contributed by atoms with Crippen LogP contribution in [0.3, 0.4) is 0 Å². The van der Waals surface area contributed by atoms with Gasteiger partial charge in [-0.1, -0.05) is 71.9 Å². The van der Waals surface area contributed by atoms with Crippen molar-refractivity contribution in [2.24, 2.45) is 0 Å². The van der Waals surface area contributed by atoms with Crippen molar-refractivity contribution in [1.29, 1.82) is 0 Å². The Morgan fingerprint density at radius 2 is 1.39 bits per heavy atom. The van der Waals surface area contributed by atoms with Gasteiger partial charge in [-0.25, -0.2) is 0 Å². The van der Waals surface area contributed by atoms with Gasteiger partial charge < -0.3 is 9.84 Å². The molecule has 4 nitrogen and oxygen atoms in total. The highest BCUT2D eigenvalue weighted by Gasteiger charge is 2.28. The van der Waals surface area contributed by atoms with Crippen LogP contribution in [-0.4, -0.2) is 23.5 Å². The fraction of sp³-hybridized carbons (Fsp3) is 0.417. The van der Waals surface area contributed by atoms with Crippen molar-refractivity contribution in [3.05, 3.63) is 64.7 Å². The average molecular weight is 383 g/mol. The van der Waals surface area contributed by atoms with Gasteiger partial charge in [-0.2, -0.15) is 0 Å². The third-order valence-electron chi connectivity index (χ3n) is 4.60. The van der Waals surface area contributed by atoms with Gasteiger partial charge in [0.05, 0.1) is 6.42 Å². The lowest BCUT2D eigenvalue weighted by atomic mass is 9.78. The Morgan fingerprint density at radius 3 is 1.86 bits per heavy atom. The van der Waals surface area contributed by atoms with Crippen LogP contribution in [0.15, 0.2) is 42.5 Å². The van der Waals surface area contributed by atoms with E-state index in [1.165, 1.54) is 0 Å². The first-order valence-electron chi connectivity index (χ1n) is 9.50. The molecule has 0 atom stereocenters. The number of phenolic OH excluding ortho intramolecular Hbond substituents is 1. The zero-order valence-electron chi connectivity index (χ0n) is 17.6. The first kappa shape index (κ1) is 21.7. The molecule has 0 heterocycles. The van der Waals surface area contributed by atoms with Crippen LogP contribution < -0.4 is 0 Å². The van der Waals surface area contributed by atoms with E-state index in [2.05, 4.69) is 0 Å². The Morgan fingerprint density at radius 1 is 0.893 bits per heavy atom. The summed E-state index contributed by atoms with van der Waals surface area (Å²) in [4.78, 5) is 24.8. The lowest BCUT2D eigenvalue weighted by Crippen LogP contribution is -2.21. The van der Waals surface area contributed by atoms with E-state index in [1.54, 1.807) is 12.1 Å². The van der Waals surface area contributed by atoms with Crippen LogP contribution in [0, 0.1) is 0 Å². The van der Waals surface area contributed by atoms with Crippen molar-refractivity contribution in [3.8, 4) is 5.75 Å². The summed E-state index contributed by atoms with van der Waals surface area (Å²) in [6.45, 7) is 11.6. The zero-order chi connectivity index (χ0) is 21.1. The van der Waals surface area contributed by atoms with Crippen LogP contribution in [0.5, 0.6) is 5.75 Å². The van der Waals surface area contributed by atoms with Gasteiger partial charge in [-0.15, -0.1) is 0 Å². The maximum atomic E-state index is 12.7. The summed E-state index contributed by atoms with van der Waals surface area (Å²) < 4.78 is 5.19. The number of benzene rings is 2. The molecule has 0 aliphatic heterocycles. The molecule has 0 saturated carbocycles. The van der Waals surface area contributed by atoms with E-state index >= 15 is 0 Å². The smallest absolute Gasteiger partial charge is 0.310 e. The van der Waals surface area contributed by atoms with Gasteiger partial charge in [-0.3, -0.25) is 9.59 Å². The quantitative estimate of drug-likeness (QED) is 0.587. The Hall–Kier alpha value is -2.62. The number of rotatable bonds is 5. The highest BCUT2D eigenvalue weighted by molar-refractivity contribution is 5.98. The van der Waals surface area contributed by atoms with Crippen LogP contribution in [-0.2, 0) is 26.8 Å². The van der Waals surface area contributed by atoms with Gasteiger partial charge in [0.15, 0.2) is 12.4 Å². The molecule has 0 aromatic heterocycles. The topological polar surface area (TPSA) is 63.6 Å². The highest BCUT2D eigenvalue weighted by atomic mass is 16.5. The van der Waals surface area contributed by atoms with E-state index in [0.29, 0.717) is 16.7 Å². The van der Waals surface area contributed by atoms with Crippen molar-refractivity contribution in [1.82, 2.24) is 0 Å². The first-order valence-corrected chi connectivity index (χ1v) is 9.50. The van der Waals surface area contributed by atoms with Gasteiger partial charge in [0, 0.05) is 16.7 Å². The summed E-state index contributed by atoms with van der Waals surface area (Å²) in [5.74, 6) is -0.500. The van der Waals surface area contributed by atoms with E-state index in [1.807, 2.05) is 71.9 Å². The highest BCUT2D eigenvalue weighted by Crippen LogP contribution is 2.39. The third kappa shape index (κ3) is 5.44. The number of carbonyl (C=O) groups is 2. The second kappa shape index (κ2) is 8.17. The van der Waals surface area contributed by atoms with Crippen LogP contribution >= 0.6 is 0 Å². The minimum atomic E-state index is -0.439.